The molecule has 2 rings (SSSR count). The minimum atomic E-state index is -3.58. The summed E-state index contributed by atoms with van der Waals surface area (Å²) in [6, 6.07) is 5.50. The van der Waals surface area contributed by atoms with Crippen LogP contribution in [0.1, 0.15) is 25.0 Å². The van der Waals surface area contributed by atoms with Gasteiger partial charge in [-0.15, -0.1) is 0 Å². The van der Waals surface area contributed by atoms with Crippen molar-refractivity contribution in [1.82, 2.24) is 9.29 Å². The molecule has 1 N–H and O–H groups in total. The van der Waals surface area contributed by atoms with Crippen LogP contribution in [0.3, 0.4) is 0 Å². The van der Waals surface area contributed by atoms with Crippen molar-refractivity contribution in [3.63, 3.8) is 0 Å². The molecule has 6 nitrogen and oxygen atoms in total. The van der Waals surface area contributed by atoms with Gasteiger partial charge in [-0.05, 0) is 25.0 Å². The van der Waals surface area contributed by atoms with Crippen molar-refractivity contribution in [2.75, 3.05) is 13.6 Å². The largest absolute Gasteiger partial charge is 0.481 e. The average Bonchev–Trinajstić information content (AvgIpc) is 2.96. The summed E-state index contributed by atoms with van der Waals surface area (Å²) in [5, 5.41) is 8.34. The van der Waals surface area contributed by atoms with E-state index in [2.05, 4.69) is 4.98 Å². The van der Waals surface area contributed by atoms with E-state index < -0.39 is 27.2 Å². The van der Waals surface area contributed by atoms with Gasteiger partial charge in [-0.1, -0.05) is 12.5 Å². The van der Waals surface area contributed by atoms with Crippen LogP contribution in [0.2, 0.25) is 0 Å². The molecule has 0 aromatic carbocycles. The topological polar surface area (TPSA) is 87.6 Å². The second kappa shape index (κ2) is 6.53. The number of aliphatic carboxylic acids is 1. The fourth-order valence-electron chi connectivity index (χ4n) is 2.74. The lowest BCUT2D eigenvalue weighted by Gasteiger charge is -2.24. The summed E-state index contributed by atoms with van der Waals surface area (Å²) in [7, 11) is -2.07. The van der Waals surface area contributed by atoms with Crippen LogP contribution < -0.4 is 0 Å². The minimum Gasteiger partial charge on any atom is -0.481 e. The van der Waals surface area contributed by atoms with E-state index in [-0.39, 0.29) is 0 Å². The van der Waals surface area contributed by atoms with Crippen molar-refractivity contribution in [3.8, 4) is 0 Å². The zero-order valence-electron chi connectivity index (χ0n) is 12.0. The second-order valence-electron chi connectivity index (χ2n) is 5.35. The van der Waals surface area contributed by atoms with Gasteiger partial charge in [-0.3, -0.25) is 9.78 Å². The third-order valence-electron chi connectivity index (χ3n) is 4.00. The molecule has 0 bridgehead atoms. The zero-order valence-corrected chi connectivity index (χ0v) is 12.8. The Balaban J connectivity index is 2.03. The number of likely N-dealkylation sites (N-methyl/N-ethyl adjacent to an activating group) is 1. The molecule has 1 fully saturated rings. The van der Waals surface area contributed by atoms with Gasteiger partial charge in [-0.2, -0.15) is 0 Å². The van der Waals surface area contributed by atoms with E-state index in [1.807, 2.05) is 12.1 Å². The van der Waals surface area contributed by atoms with Crippen LogP contribution in [0.25, 0.3) is 0 Å². The molecule has 1 saturated carbocycles. The molecule has 2 unspecified atom stereocenters. The molecule has 0 radical (unpaired) electrons. The highest BCUT2D eigenvalue weighted by molar-refractivity contribution is 7.89. The van der Waals surface area contributed by atoms with Gasteiger partial charge in [-0.25, -0.2) is 12.7 Å². The average molecular weight is 312 g/mol. The van der Waals surface area contributed by atoms with Crippen LogP contribution in [-0.4, -0.2) is 47.6 Å². The molecule has 7 heteroatoms. The summed E-state index contributed by atoms with van der Waals surface area (Å²) in [5.74, 6) is -1.80. The number of nitrogens with zero attached hydrogens (tertiary/aromatic N) is 2. The Labute approximate surface area is 124 Å². The Hall–Kier alpha value is -1.47. The molecule has 0 saturated heterocycles. The standard InChI is InChI=1S/C14H20N2O4S/c1-16(10-8-11-5-2-3-9-15-11)21(19,20)13-7-4-6-12(13)14(17)18/h2-3,5,9,12-13H,4,6-8,10H2,1H3,(H,17,18). The number of hydrogen-bond acceptors (Lipinski definition) is 4. The first-order valence-electron chi connectivity index (χ1n) is 7.01. The molecule has 0 amide bonds. The Morgan fingerprint density at radius 3 is 2.81 bits per heavy atom. The van der Waals surface area contributed by atoms with Crippen molar-refractivity contribution in [1.29, 1.82) is 0 Å². The molecule has 1 aromatic heterocycles. The van der Waals surface area contributed by atoms with Crippen molar-refractivity contribution in [2.45, 2.75) is 30.9 Å². The molecule has 2 atom stereocenters. The van der Waals surface area contributed by atoms with Gasteiger partial charge >= 0.3 is 5.97 Å². The molecular weight excluding hydrogens is 292 g/mol. The van der Waals surface area contributed by atoms with Crippen LogP contribution in [0, 0.1) is 5.92 Å². The third-order valence-corrected chi connectivity index (χ3v) is 6.38. The molecule has 1 aliphatic carbocycles. The summed E-state index contributed by atoms with van der Waals surface area (Å²) in [4.78, 5) is 15.3. The van der Waals surface area contributed by atoms with Gasteiger partial charge in [0.15, 0.2) is 0 Å². The normalized spacial score (nSPS) is 22.6. The molecular formula is C14H20N2O4S. The number of carbonyl (C=O) groups is 1. The first-order valence-corrected chi connectivity index (χ1v) is 8.51. The number of sulfonamides is 1. The van der Waals surface area contributed by atoms with Crippen molar-refractivity contribution in [2.24, 2.45) is 5.92 Å². The molecule has 1 aliphatic rings. The number of pyridine rings is 1. The smallest absolute Gasteiger partial charge is 0.307 e. The Bertz CT molecular complexity index is 588. The van der Waals surface area contributed by atoms with E-state index in [4.69, 9.17) is 5.11 Å². The van der Waals surface area contributed by atoms with E-state index >= 15 is 0 Å². The highest BCUT2D eigenvalue weighted by Crippen LogP contribution is 2.32. The summed E-state index contributed by atoms with van der Waals surface area (Å²) in [6.07, 6.45) is 3.69. The first-order chi connectivity index (χ1) is 9.93. The van der Waals surface area contributed by atoms with E-state index in [0.29, 0.717) is 32.2 Å². The molecule has 1 aromatic rings. The lowest BCUT2D eigenvalue weighted by atomic mass is 10.1. The zero-order chi connectivity index (χ0) is 15.5. The summed E-state index contributed by atoms with van der Waals surface area (Å²) < 4.78 is 26.3. The number of carboxylic acid groups (broad SMARTS) is 1. The maximum Gasteiger partial charge on any atom is 0.307 e. The van der Waals surface area contributed by atoms with Crippen LogP contribution in [0.4, 0.5) is 0 Å². The van der Waals surface area contributed by atoms with E-state index in [9.17, 15) is 13.2 Å². The highest BCUT2D eigenvalue weighted by Gasteiger charge is 2.43. The predicted molar refractivity (Wildman–Crippen MR) is 78.3 cm³/mol. The molecule has 0 spiro atoms. The minimum absolute atomic E-state index is 0.308. The maximum atomic E-state index is 12.5. The Morgan fingerprint density at radius 2 is 2.19 bits per heavy atom. The molecule has 116 valence electrons. The van der Waals surface area contributed by atoms with E-state index in [1.165, 1.54) is 11.4 Å². The van der Waals surface area contributed by atoms with Crippen molar-refractivity contribution >= 4 is 16.0 Å². The maximum absolute atomic E-state index is 12.5. The highest BCUT2D eigenvalue weighted by atomic mass is 32.2. The fourth-order valence-corrected chi connectivity index (χ4v) is 4.68. The molecule has 0 aliphatic heterocycles. The number of aromatic nitrogens is 1. The van der Waals surface area contributed by atoms with Crippen LogP contribution in [0.15, 0.2) is 24.4 Å². The van der Waals surface area contributed by atoms with Gasteiger partial charge in [0, 0.05) is 31.9 Å². The van der Waals surface area contributed by atoms with Crippen molar-refractivity contribution in [3.05, 3.63) is 30.1 Å². The summed E-state index contributed by atoms with van der Waals surface area (Å²) >= 11 is 0. The van der Waals surface area contributed by atoms with E-state index in [1.54, 1.807) is 12.3 Å². The Morgan fingerprint density at radius 1 is 1.43 bits per heavy atom. The summed E-state index contributed by atoms with van der Waals surface area (Å²) in [5.41, 5.74) is 0.820. The number of hydrogen-bond donors (Lipinski definition) is 1. The quantitative estimate of drug-likeness (QED) is 0.851. The van der Waals surface area contributed by atoms with Gasteiger partial charge in [0.2, 0.25) is 10.0 Å². The van der Waals surface area contributed by atoms with Gasteiger partial charge in [0.05, 0.1) is 11.2 Å². The monoisotopic (exact) mass is 312 g/mol. The van der Waals surface area contributed by atoms with E-state index in [0.717, 1.165) is 5.69 Å². The third kappa shape index (κ3) is 3.59. The fraction of sp³-hybridized carbons (Fsp3) is 0.571. The van der Waals surface area contributed by atoms with Crippen LogP contribution in [0.5, 0.6) is 0 Å². The number of rotatable bonds is 6. The SMILES string of the molecule is CN(CCc1ccccn1)S(=O)(=O)C1CCCC1C(=O)O. The second-order valence-corrected chi connectivity index (χ2v) is 7.61. The molecule has 1 heterocycles. The first kappa shape index (κ1) is 15.9. The predicted octanol–water partition coefficient (Wildman–Crippen LogP) is 1.14. The lowest BCUT2D eigenvalue weighted by Crippen LogP contribution is -2.41. The lowest BCUT2D eigenvalue weighted by molar-refractivity contribution is -0.141. The van der Waals surface area contributed by atoms with Gasteiger partial charge in [0.25, 0.3) is 0 Å². The van der Waals surface area contributed by atoms with Gasteiger partial charge < -0.3 is 5.11 Å². The van der Waals surface area contributed by atoms with Gasteiger partial charge in [0.1, 0.15) is 0 Å². The van der Waals surface area contributed by atoms with Crippen LogP contribution in [-0.2, 0) is 21.2 Å². The van der Waals surface area contributed by atoms with Crippen LogP contribution >= 0.6 is 0 Å². The van der Waals surface area contributed by atoms with Crippen molar-refractivity contribution < 1.29 is 18.3 Å². The number of carboxylic acids is 1. The Kier molecular flexibility index (Phi) is 4.95. The molecule has 21 heavy (non-hydrogen) atoms. The summed E-state index contributed by atoms with van der Waals surface area (Å²) in [6.45, 7) is 0.308.